The van der Waals surface area contributed by atoms with Gasteiger partial charge < -0.3 is 4.74 Å². The zero-order chi connectivity index (χ0) is 24.9. The zero-order valence-electron chi connectivity index (χ0n) is 18.6. The molecule has 0 radical (unpaired) electrons. The van der Waals surface area contributed by atoms with Crippen molar-refractivity contribution in [3.8, 4) is 5.75 Å². The number of hydrogen-bond acceptors (Lipinski definition) is 6. The number of nitro groups is 1. The van der Waals surface area contributed by atoms with Gasteiger partial charge in [0.1, 0.15) is 18.2 Å². The molecule has 4 aromatic rings. The second-order valence-electron chi connectivity index (χ2n) is 7.70. The molecule has 0 saturated heterocycles. The van der Waals surface area contributed by atoms with E-state index in [1.807, 2.05) is 13.0 Å². The number of fused-ring (bicyclic) bond motifs is 1. The molecule has 0 aliphatic carbocycles. The molecule has 0 aliphatic rings. The van der Waals surface area contributed by atoms with Crippen LogP contribution < -0.4 is 10.3 Å². The average Bonchev–Trinajstić information content (AvgIpc) is 2.83. The fourth-order valence-electron chi connectivity index (χ4n) is 3.49. The Balaban J connectivity index is 1.66. The van der Waals surface area contributed by atoms with Crippen molar-refractivity contribution in [3.63, 3.8) is 0 Å². The van der Waals surface area contributed by atoms with Crippen LogP contribution in [0.1, 0.15) is 30.3 Å². The van der Waals surface area contributed by atoms with E-state index in [0.717, 1.165) is 10.9 Å². The molecule has 0 amide bonds. The number of nitro benzene ring substituents is 1. The maximum atomic E-state index is 13.4. The number of rotatable bonds is 8. The molecular weight excluding hydrogens is 519 g/mol. The van der Waals surface area contributed by atoms with Crippen molar-refractivity contribution in [2.24, 2.45) is 5.10 Å². The Morgan fingerprint density at radius 3 is 2.77 bits per heavy atom. The summed E-state index contributed by atoms with van der Waals surface area (Å²) in [4.78, 5) is 28.7. The summed E-state index contributed by atoms with van der Waals surface area (Å²) in [5.41, 5.74) is 0.915. The molecule has 0 aliphatic heterocycles. The van der Waals surface area contributed by atoms with Crippen LogP contribution in [0, 0.1) is 15.9 Å². The molecule has 178 valence electrons. The van der Waals surface area contributed by atoms with Crippen LogP contribution in [0.3, 0.4) is 0 Å². The van der Waals surface area contributed by atoms with Gasteiger partial charge in [0.25, 0.3) is 5.56 Å². The van der Waals surface area contributed by atoms with E-state index >= 15 is 0 Å². The van der Waals surface area contributed by atoms with Gasteiger partial charge in [-0.3, -0.25) is 14.9 Å². The summed E-state index contributed by atoms with van der Waals surface area (Å²) in [6, 6.07) is 15.4. The summed E-state index contributed by atoms with van der Waals surface area (Å²) < 4.78 is 20.9. The lowest BCUT2D eigenvalue weighted by atomic mass is 10.2. The Kier molecular flexibility index (Phi) is 7.31. The molecule has 35 heavy (non-hydrogen) atoms. The van der Waals surface area contributed by atoms with E-state index in [2.05, 4.69) is 26.0 Å². The van der Waals surface area contributed by atoms with Gasteiger partial charge >= 0.3 is 5.69 Å². The van der Waals surface area contributed by atoms with Gasteiger partial charge in [-0.2, -0.15) is 9.78 Å². The standard InChI is InChI=1S/C25H20BrFN4O4/c1-2-4-24-29-21-9-8-18(26)13-20(21)25(32)30(24)28-14-16-7-10-23(22(12-16)31(33)34)35-15-17-5-3-6-19(27)11-17/h3,5-14H,2,4,15H2,1H3. The predicted octanol–water partition coefficient (Wildman–Crippen LogP) is 5.62. The normalized spacial score (nSPS) is 11.3. The second kappa shape index (κ2) is 10.6. The summed E-state index contributed by atoms with van der Waals surface area (Å²) >= 11 is 3.37. The number of hydrogen-bond donors (Lipinski definition) is 0. The summed E-state index contributed by atoms with van der Waals surface area (Å²) in [5.74, 6) is 0.117. The molecule has 8 nitrogen and oxygen atoms in total. The smallest absolute Gasteiger partial charge is 0.311 e. The van der Waals surface area contributed by atoms with Crippen molar-refractivity contribution in [3.05, 3.63) is 108 Å². The largest absolute Gasteiger partial charge is 0.482 e. The fraction of sp³-hybridized carbons (Fsp3) is 0.160. The summed E-state index contributed by atoms with van der Waals surface area (Å²) in [5, 5.41) is 16.3. The zero-order valence-corrected chi connectivity index (χ0v) is 20.2. The van der Waals surface area contributed by atoms with Gasteiger partial charge in [-0.15, -0.1) is 0 Å². The topological polar surface area (TPSA) is 99.6 Å². The van der Waals surface area contributed by atoms with Crippen LogP contribution in [-0.4, -0.2) is 20.8 Å². The second-order valence-corrected chi connectivity index (χ2v) is 8.62. The highest BCUT2D eigenvalue weighted by atomic mass is 79.9. The van der Waals surface area contributed by atoms with Gasteiger partial charge in [-0.05, 0) is 54.4 Å². The third-order valence-electron chi connectivity index (χ3n) is 5.13. The molecule has 0 unspecified atom stereocenters. The molecule has 3 aromatic carbocycles. The Labute approximate surface area is 208 Å². The number of nitrogens with zero attached hydrogens (tertiary/aromatic N) is 4. The first-order valence-electron chi connectivity index (χ1n) is 10.8. The molecule has 0 bridgehead atoms. The van der Waals surface area contributed by atoms with Gasteiger partial charge in [-0.1, -0.05) is 35.0 Å². The first kappa shape index (κ1) is 24.2. The lowest BCUT2D eigenvalue weighted by Gasteiger charge is -2.09. The first-order valence-corrected chi connectivity index (χ1v) is 11.6. The van der Waals surface area contributed by atoms with E-state index in [-0.39, 0.29) is 23.6 Å². The lowest BCUT2D eigenvalue weighted by Crippen LogP contribution is -2.22. The van der Waals surface area contributed by atoms with E-state index in [0.29, 0.717) is 34.3 Å². The van der Waals surface area contributed by atoms with E-state index in [1.165, 1.54) is 41.2 Å². The summed E-state index contributed by atoms with van der Waals surface area (Å²) in [6.07, 6.45) is 2.66. The maximum Gasteiger partial charge on any atom is 0.311 e. The van der Waals surface area contributed by atoms with Crippen molar-refractivity contribution in [2.75, 3.05) is 0 Å². The number of ether oxygens (including phenoxy) is 1. The van der Waals surface area contributed by atoms with Crippen LogP contribution in [0.2, 0.25) is 0 Å². The molecule has 0 spiro atoms. The van der Waals surface area contributed by atoms with Gasteiger partial charge in [0.05, 0.1) is 22.0 Å². The third-order valence-corrected chi connectivity index (χ3v) is 5.63. The van der Waals surface area contributed by atoms with Gasteiger partial charge in [-0.25, -0.2) is 9.37 Å². The van der Waals surface area contributed by atoms with E-state index in [9.17, 15) is 19.3 Å². The van der Waals surface area contributed by atoms with Crippen LogP contribution in [-0.2, 0) is 13.0 Å². The minimum absolute atomic E-state index is 0.0277. The highest BCUT2D eigenvalue weighted by Crippen LogP contribution is 2.28. The molecule has 0 N–H and O–H groups in total. The van der Waals surface area contributed by atoms with Gasteiger partial charge in [0.15, 0.2) is 5.75 Å². The fourth-order valence-corrected chi connectivity index (χ4v) is 3.85. The SMILES string of the molecule is CCCc1nc2ccc(Br)cc2c(=O)n1N=Cc1ccc(OCc2cccc(F)c2)c([N+](=O)[O-])c1. The molecule has 10 heteroatoms. The highest BCUT2D eigenvalue weighted by Gasteiger charge is 2.16. The average molecular weight is 539 g/mol. The molecule has 1 heterocycles. The van der Waals surface area contributed by atoms with Crippen molar-refractivity contribution in [2.45, 2.75) is 26.4 Å². The van der Waals surface area contributed by atoms with Crippen LogP contribution in [0.4, 0.5) is 10.1 Å². The summed E-state index contributed by atoms with van der Waals surface area (Å²) in [7, 11) is 0. The van der Waals surface area contributed by atoms with Crippen LogP contribution in [0.5, 0.6) is 5.75 Å². The predicted molar refractivity (Wildman–Crippen MR) is 135 cm³/mol. The van der Waals surface area contributed by atoms with Crippen molar-refractivity contribution >= 4 is 38.7 Å². The van der Waals surface area contributed by atoms with E-state index in [4.69, 9.17) is 4.74 Å². The van der Waals surface area contributed by atoms with E-state index < -0.39 is 10.7 Å². The molecule has 0 fully saturated rings. The van der Waals surface area contributed by atoms with Crippen molar-refractivity contribution in [1.82, 2.24) is 9.66 Å². The minimum atomic E-state index is -0.567. The van der Waals surface area contributed by atoms with E-state index in [1.54, 1.807) is 24.3 Å². The Morgan fingerprint density at radius 1 is 1.20 bits per heavy atom. The quantitative estimate of drug-likeness (QED) is 0.164. The summed E-state index contributed by atoms with van der Waals surface area (Å²) in [6.45, 7) is 1.94. The number of benzene rings is 3. The monoisotopic (exact) mass is 538 g/mol. The molecule has 0 atom stereocenters. The third kappa shape index (κ3) is 5.60. The van der Waals surface area contributed by atoms with Crippen molar-refractivity contribution in [1.29, 1.82) is 0 Å². The molecule has 0 saturated carbocycles. The van der Waals surface area contributed by atoms with Crippen LogP contribution in [0.25, 0.3) is 10.9 Å². The maximum absolute atomic E-state index is 13.4. The van der Waals surface area contributed by atoms with Crippen molar-refractivity contribution < 1.29 is 14.1 Å². The number of aryl methyl sites for hydroxylation is 1. The van der Waals surface area contributed by atoms with Crippen LogP contribution >= 0.6 is 15.9 Å². The molecule has 4 rings (SSSR count). The first-order chi connectivity index (χ1) is 16.9. The molecular formula is C25H20BrFN4O4. The lowest BCUT2D eigenvalue weighted by molar-refractivity contribution is -0.385. The molecule has 1 aromatic heterocycles. The van der Waals surface area contributed by atoms with Gasteiger partial charge in [0.2, 0.25) is 0 Å². The highest BCUT2D eigenvalue weighted by molar-refractivity contribution is 9.10. The Morgan fingerprint density at radius 2 is 2.03 bits per heavy atom. The number of halogens is 2. The van der Waals surface area contributed by atoms with Gasteiger partial charge in [0, 0.05) is 22.5 Å². The van der Waals surface area contributed by atoms with Crippen LogP contribution in [0.15, 0.2) is 75.0 Å². The minimum Gasteiger partial charge on any atom is -0.482 e. The Hall–Kier alpha value is -3.92. The number of aromatic nitrogens is 2. The Bertz CT molecular complexity index is 1500.